The van der Waals surface area contributed by atoms with Gasteiger partial charge in [0.05, 0.1) is 0 Å². The molecule has 2 nitrogen and oxygen atoms in total. The lowest BCUT2D eigenvalue weighted by atomic mass is 9.97. The van der Waals surface area contributed by atoms with Crippen molar-refractivity contribution in [3.8, 4) is 0 Å². The zero-order valence-electron chi connectivity index (χ0n) is 11.2. The molecule has 100 valence electrons. The average Bonchev–Trinajstić information content (AvgIpc) is 2.99. The van der Waals surface area contributed by atoms with E-state index < -0.39 is 0 Å². The van der Waals surface area contributed by atoms with Crippen LogP contribution in [0.5, 0.6) is 0 Å². The van der Waals surface area contributed by atoms with Gasteiger partial charge in [-0.2, -0.15) is 0 Å². The Kier molecular flexibility index (Phi) is 3.17. The van der Waals surface area contributed by atoms with Crippen molar-refractivity contribution in [1.82, 2.24) is 0 Å². The minimum Gasteiger partial charge on any atom is -0.456 e. The standard InChI is InChI=1S/C17H20O2/c1-13(11-14-5-3-2-4-6-14)16(18)19-17-9-7-15(12-17)8-10-17/h2-6,15H,1,7-12H2. The topological polar surface area (TPSA) is 26.3 Å². The maximum atomic E-state index is 12.2. The van der Waals surface area contributed by atoms with E-state index >= 15 is 0 Å². The first-order valence-electron chi connectivity index (χ1n) is 7.12. The molecule has 0 amide bonds. The summed E-state index contributed by atoms with van der Waals surface area (Å²) in [7, 11) is 0. The molecule has 0 heterocycles. The van der Waals surface area contributed by atoms with Gasteiger partial charge in [0.25, 0.3) is 0 Å². The number of rotatable bonds is 4. The van der Waals surface area contributed by atoms with E-state index in [9.17, 15) is 4.79 Å². The number of carbonyl (C=O) groups is 1. The van der Waals surface area contributed by atoms with Gasteiger partial charge in [0, 0.05) is 12.0 Å². The van der Waals surface area contributed by atoms with E-state index in [-0.39, 0.29) is 11.6 Å². The first kappa shape index (κ1) is 12.5. The third kappa shape index (κ3) is 2.58. The lowest BCUT2D eigenvalue weighted by Crippen LogP contribution is -2.30. The lowest BCUT2D eigenvalue weighted by molar-refractivity contribution is -0.153. The van der Waals surface area contributed by atoms with E-state index in [2.05, 4.69) is 6.58 Å². The van der Waals surface area contributed by atoms with Crippen LogP contribution in [0.4, 0.5) is 0 Å². The lowest BCUT2D eigenvalue weighted by Gasteiger charge is -2.27. The zero-order chi connectivity index (χ0) is 13.3. The SMILES string of the molecule is C=C(Cc1ccccc1)C(=O)OC12CCC(CC1)C2. The number of fused-ring (bicyclic) bond motifs is 2. The second-order valence-electron chi connectivity index (χ2n) is 5.99. The fourth-order valence-electron chi connectivity index (χ4n) is 3.47. The molecule has 2 aliphatic rings. The second kappa shape index (κ2) is 4.84. The third-order valence-electron chi connectivity index (χ3n) is 4.54. The number of hydrogen-bond donors (Lipinski definition) is 0. The zero-order valence-corrected chi connectivity index (χ0v) is 11.2. The van der Waals surface area contributed by atoms with Gasteiger partial charge in [0.2, 0.25) is 0 Å². The molecule has 3 rings (SSSR count). The van der Waals surface area contributed by atoms with Crippen molar-refractivity contribution in [2.75, 3.05) is 0 Å². The highest BCUT2D eigenvalue weighted by molar-refractivity contribution is 5.88. The van der Waals surface area contributed by atoms with Crippen molar-refractivity contribution in [3.63, 3.8) is 0 Å². The molecule has 0 aliphatic heterocycles. The Hall–Kier alpha value is -1.57. The van der Waals surface area contributed by atoms with Crippen molar-refractivity contribution in [2.45, 2.75) is 44.1 Å². The van der Waals surface area contributed by atoms with Crippen LogP contribution in [-0.2, 0) is 16.0 Å². The molecule has 2 fully saturated rings. The summed E-state index contributed by atoms with van der Waals surface area (Å²) in [5, 5.41) is 0. The molecule has 0 radical (unpaired) electrons. The summed E-state index contributed by atoms with van der Waals surface area (Å²) in [6, 6.07) is 9.95. The van der Waals surface area contributed by atoms with Crippen LogP contribution < -0.4 is 0 Å². The van der Waals surface area contributed by atoms with E-state index in [1.54, 1.807) is 0 Å². The Morgan fingerprint density at radius 2 is 1.95 bits per heavy atom. The Morgan fingerprint density at radius 3 is 2.53 bits per heavy atom. The predicted octanol–water partition coefficient (Wildman–Crippen LogP) is 3.66. The summed E-state index contributed by atoms with van der Waals surface area (Å²) >= 11 is 0. The van der Waals surface area contributed by atoms with Gasteiger partial charge < -0.3 is 4.74 Å². The van der Waals surface area contributed by atoms with Crippen LogP contribution in [0.2, 0.25) is 0 Å². The highest BCUT2D eigenvalue weighted by Crippen LogP contribution is 2.50. The van der Waals surface area contributed by atoms with Gasteiger partial charge in [-0.1, -0.05) is 36.9 Å². The molecule has 2 bridgehead atoms. The van der Waals surface area contributed by atoms with E-state index in [1.165, 1.54) is 12.8 Å². The first-order chi connectivity index (χ1) is 9.17. The predicted molar refractivity (Wildman–Crippen MR) is 74.7 cm³/mol. The molecule has 2 saturated carbocycles. The highest BCUT2D eigenvalue weighted by atomic mass is 16.6. The van der Waals surface area contributed by atoms with Crippen LogP contribution in [0, 0.1) is 5.92 Å². The molecule has 0 saturated heterocycles. The van der Waals surface area contributed by atoms with Crippen LogP contribution in [-0.4, -0.2) is 11.6 Å². The molecule has 1 aromatic rings. The Labute approximate surface area is 114 Å². The molecule has 0 atom stereocenters. The molecule has 0 unspecified atom stereocenters. The quantitative estimate of drug-likeness (QED) is 0.607. The minimum atomic E-state index is -0.202. The van der Waals surface area contributed by atoms with Gasteiger partial charge in [-0.05, 0) is 43.6 Å². The number of carbonyl (C=O) groups excluding carboxylic acids is 1. The first-order valence-corrected chi connectivity index (χ1v) is 7.12. The van der Waals surface area contributed by atoms with Crippen molar-refractivity contribution < 1.29 is 9.53 Å². The normalized spacial score (nSPS) is 28.3. The van der Waals surface area contributed by atoms with Crippen molar-refractivity contribution in [2.24, 2.45) is 5.92 Å². The molecular weight excluding hydrogens is 236 g/mol. The number of esters is 1. The highest BCUT2D eigenvalue weighted by Gasteiger charge is 2.47. The van der Waals surface area contributed by atoms with Gasteiger partial charge in [-0.15, -0.1) is 0 Å². The minimum absolute atomic E-state index is 0.151. The van der Waals surface area contributed by atoms with Crippen molar-refractivity contribution >= 4 is 5.97 Å². The maximum Gasteiger partial charge on any atom is 0.334 e. The van der Waals surface area contributed by atoms with Crippen LogP contribution >= 0.6 is 0 Å². The summed E-state index contributed by atoms with van der Waals surface area (Å²) in [6.07, 6.45) is 6.18. The van der Waals surface area contributed by atoms with Gasteiger partial charge in [-0.25, -0.2) is 4.79 Å². The van der Waals surface area contributed by atoms with E-state index in [0.29, 0.717) is 12.0 Å². The van der Waals surface area contributed by atoms with Gasteiger partial charge >= 0.3 is 5.97 Å². The molecule has 0 N–H and O–H groups in total. The Balaban J connectivity index is 1.60. The van der Waals surface area contributed by atoms with Gasteiger partial charge in [-0.3, -0.25) is 0 Å². The summed E-state index contributed by atoms with van der Waals surface area (Å²) in [6.45, 7) is 3.90. The van der Waals surface area contributed by atoms with Crippen LogP contribution in [0.25, 0.3) is 0 Å². The van der Waals surface area contributed by atoms with Crippen LogP contribution in [0.3, 0.4) is 0 Å². The van der Waals surface area contributed by atoms with Gasteiger partial charge in [0.1, 0.15) is 5.60 Å². The monoisotopic (exact) mass is 256 g/mol. The summed E-state index contributed by atoms with van der Waals surface area (Å²) in [5.41, 5.74) is 1.52. The molecule has 2 heteroatoms. The van der Waals surface area contributed by atoms with Crippen molar-refractivity contribution in [1.29, 1.82) is 0 Å². The number of hydrogen-bond acceptors (Lipinski definition) is 2. The molecular formula is C17H20O2. The number of benzene rings is 1. The van der Waals surface area contributed by atoms with Crippen LogP contribution in [0.1, 0.15) is 37.7 Å². The fraction of sp³-hybridized carbons (Fsp3) is 0.471. The molecule has 1 aromatic carbocycles. The van der Waals surface area contributed by atoms with E-state index in [1.807, 2.05) is 30.3 Å². The largest absolute Gasteiger partial charge is 0.456 e. The smallest absolute Gasteiger partial charge is 0.334 e. The fourth-order valence-corrected chi connectivity index (χ4v) is 3.47. The molecule has 2 aliphatic carbocycles. The Morgan fingerprint density at radius 1 is 1.26 bits per heavy atom. The second-order valence-corrected chi connectivity index (χ2v) is 5.99. The van der Waals surface area contributed by atoms with E-state index in [4.69, 9.17) is 4.74 Å². The van der Waals surface area contributed by atoms with E-state index in [0.717, 1.165) is 30.7 Å². The molecule has 0 aromatic heterocycles. The summed E-state index contributed by atoms with van der Waals surface area (Å²) in [5.74, 6) is 0.585. The van der Waals surface area contributed by atoms with Gasteiger partial charge in [0.15, 0.2) is 0 Å². The van der Waals surface area contributed by atoms with Crippen molar-refractivity contribution in [3.05, 3.63) is 48.0 Å². The number of ether oxygens (including phenoxy) is 1. The average molecular weight is 256 g/mol. The molecule has 0 spiro atoms. The Bertz CT molecular complexity index is 481. The summed E-state index contributed by atoms with van der Waals surface area (Å²) < 4.78 is 5.79. The van der Waals surface area contributed by atoms with Crippen LogP contribution in [0.15, 0.2) is 42.5 Å². The molecule has 19 heavy (non-hydrogen) atoms. The third-order valence-corrected chi connectivity index (χ3v) is 4.54. The summed E-state index contributed by atoms with van der Waals surface area (Å²) in [4.78, 5) is 12.2. The maximum absolute atomic E-state index is 12.2.